The third-order valence-electron chi connectivity index (χ3n) is 12.8. The third-order valence-corrected chi connectivity index (χ3v) is 12.8. The van der Waals surface area contributed by atoms with Crippen molar-refractivity contribution in [3.8, 4) is 0 Å². The number of carbonyl (C=O) groups excluding carboxylic acids is 1. The van der Waals surface area contributed by atoms with E-state index in [4.69, 9.17) is 14.2 Å². The first-order valence-electron chi connectivity index (χ1n) is 14.6. The topological polar surface area (TPSA) is 71.6 Å². The van der Waals surface area contributed by atoms with Gasteiger partial charge in [0.15, 0.2) is 0 Å². The summed E-state index contributed by atoms with van der Waals surface area (Å²) in [5, 5.41) is 12.1. The number of hydrogen-bond donors (Lipinski definition) is 1. The summed E-state index contributed by atoms with van der Waals surface area (Å²) < 4.78 is 19.2. The van der Waals surface area contributed by atoms with Gasteiger partial charge in [-0.05, 0) is 67.1 Å². The molecule has 6 rings (SSSR count). The van der Waals surface area contributed by atoms with E-state index in [9.17, 15) is 9.90 Å². The zero-order valence-electron chi connectivity index (χ0n) is 23.1. The van der Waals surface area contributed by atoms with Gasteiger partial charge < -0.3 is 19.3 Å². The van der Waals surface area contributed by atoms with Crippen LogP contribution in [0.15, 0.2) is 0 Å². The normalized spacial score (nSPS) is 55.1. The monoisotopic (exact) mass is 488 g/mol. The summed E-state index contributed by atoms with van der Waals surface area (Å²) in [6.07, 6.45) is 9.09. The molecule has 12 unspecified atom stereocenters. The van der Waals surface area contributed by atoms with Gasteiger partial charge in [-0.3, -0.25) is 4.79 Å². The number of aliphatic hydroxyl groups is 1. The van der Waals surface area contributed by atoms with E-state index in [0.29, 0.717) is 18.8 Å². The molecule has 35 heavy (non-hydrogen) atoms. The van der Waals surface area contributed by atoms with Gasteiger partial charge in [0, 0.05) is 25.2 Å². The number of hydrogen-bond acceptors (Lipinski definition) is 5. The molecule has 0 bridgehead atoms. The van der Waals surface area contributed by atoms with Crippen LogP contribution >= 0.6 is 0 Å². The van der Waals surface area contributed by atoms with Crippen molar-refractivity contribution < 1.29 is 24.1 Å². The van der Waals surface area contributed by atoms with Crippen LogP contribution in [0.3, 0.4) is 0 Å². The molecule has 198 valence electrons. The minimum Gasteiger partial charge on any atom is -0.462 e. The Morgan fingerprint density at radius 3 is 2.43 bits per heavy atom. The summed E-state index contributed by atoms with van der Waals surface area (Å²) in [5.74, 6) is 3.24. The Morgan fingerprint density at radius 2 is 1.74 bits per heavy atom. The lowest BCUT2D eigenvalue weighted by Crippen LogP contribution is -2.72. The first-order valence-corrected chi connectivity index (χ1v) is 14.6. The number of esters is 1. The molecule has 2 aliphatic heterocycles. The molecule has 0 aromatic carbocycles. The molecule has 5 heteroatoms. The Bertz CT molecular complexity index is 903. The molecule has 0 radical (unpaired) electrons. The fourth-order valence-electron chi connectivity index (χ4n) is 10.4. The zero-order valence-corrected chi connectivity index (χ0v) is 23.1. The quantitative estimate of drug-likeness (QED) is 0.386. The predicted molar refractivity (Wildman–Crippen MR) is 134 cm³/mol. The van der Waals surface area contributed by atoms with E-state index in [1.54, 1.807) is 0 Å². The molecule has 2 heterocycles. The van der Waals surface area contributed by atoms with Gasteiger partial charge in [-0.15, -0.1) is 0 Å². The highest BCUT2D eigenvalue weighted by atomic mass is 16.7. The summed E-state index contributed by atoms with van der Waals surface area (Å²) in [6, 6.07) is 0. The van der Waals surface area contributed by atoms with Crippen LogP contribution in [0.4, 0.5) is 0 Å². The molecule has 1 N–H and O–H groups in total. The molecule has 6 aliphatic rings. The highest BCUT2D eigenvalue weighted by Gasteiger charge is 2.96. The van der Waals surface area contributed by atoms with Gasteiger partial charge in [0.25, 0.3) is 0 Å². The molecular formula is C30H48O5. The first kappa shape index (κ1) is 24.7. The Balaban J connectivity index is 1.26. The fourth-order valence-corrected chi connectivity index (χ4v) is 10.4. The highest BCUT2D eigenvalue weighted by molar-refractivity contribution is 5.66. The van der Waals surface area contributed by atoms with Crippen molar-refractivity contribution in [1.82, 2.24) is 0 Å². The van der Waals surface area contributed by atoms with Crippen molar-refractivity contribution >= 4 is 5.97 Å². The van der Waals surface area contributed by atoms with Crippen molar-refractivity contribution in [3.63, 3.8) is 0 Å². The third kappa shape index (κ3) is 2.95. The van der Waals surface area contributed by atoms with Gasteiger partial charge in [0.1, 0.15) is 17.3 Å². The first-order chi connectivity index (χ1) is 16.3. The van der Waals surface area contributed by atoms with Crippen molar-refractivity contribution in [2.75, 3.05) is 0 Å². The Hall–Kier alpha value is -0.650. The van der Waals surface area contributed by atoms with Gasteiger partial charge in [-0.2, -0.15) is 0 Å². The maximum atomic E-state index is 12.1. The molecule has 0 amide bonds. The molecule has 6 fully saturated rings. The second-order valence-corrected chi connectivity index (χ2v) is 14.5. The molecule has 0 aromatic heterocycles. The molecule has 12 atom stereocenters. The lowest BCUT2D eigenvalue weighted by Gasteiger charge is -2.60. The maximum Gasteiger partial charge on any atom is 0.302 e. The second kappa shape index (κ2) is 7.47. The number of ether oxygens (including phenoxy) is 3. The summed E-state index contributed by atoms with van der Waals surface area (Å²) in [6.45, 7) is 15.9. The van der Waals surface area contributed by atoms with Crippen LogP contribution in [0, 0.1) is 40.4 Å². The Labute approximate surface area is 212 Å². The van der Waals surface area contributed by atoms with Crippen molar-refractivity contribution in [1.29, 1.82) is 0 Å². The van der Waals surface area contributed by atoms with E-state index >= 15 is 0 Å². The molecule has 4 saturated carbocycles. The average molecular weight is 489 g/mol. The Morgan fingerprint density at radius 1 is 1.00 bits per heavy atom. The van der Waals surface area contributed by atoms with Crippen LogP contribution < -0.4 is 0 Å². The summed E-state index contributed by atoms with van der Waals surface area (Å²) >= 11 is 0. The molecule has 4 aliphatic carbocycles. The van der Waals surface area contributed by atoms with Crippen LogP contribution in [0.2, 0.25) is 0 Å². The fraction of sp³-hybridized carbons (Fsp3) is 0.967. The van der Waals surface area contributed by atoms with Crippen LogP contribution in [0.25, 0.3) is 0 Å². The zero-order chi connectivity index (χ0) is 25.2. The van der Waals surface area contributed by atoms with E-state index in [0.717, 1.165) is 42.9 Å². The van der Waals surface area contributed by atoms with Gasteiger partial charge in [0.05, 0.1) is 17.8 Å². The van der Waals surface area contributed by atoms with Crippen molar-refractivity contribution in [2.24, 2.45) is 40.4 Å². The standard InChI is InChI=1S/C30H48O5/c1-17(2)18(3)8-9-19(4)22-10-11-23-26(22,6)15-25-30(35-25)27(7)13-12-21(33-20(5)31)14-28(27,32)16-24-29(23,30)34-24/h17-19,21-25,32H,8-16H2,1-7H3. The largest absolute Gasteiger partial charge is 0.462 e. The molecular weight excluding hydrogens is 440 g/mol. The Kier molecular flexibility index (Phi) is 5.27. The van der Waals surface area contributed by atoms with Gasteiger partial charge in [0.2, 0.25) is 0 Å². The average Bonchev–Trinajstić information content (AvgIpc) is 3.63. The molecule has 2 spiro atoms. The molecule has 5 nitrogen and oxygen atoms in total. The molecule has 0 aromatic rings. The second-order valence-electron chi connectivity index (χ2n) is 14.5. The van der Waals surface area contributed by atoms with E-state index in [-0.39, 0.29) is 46.3 Å². The lowest BCUT2D eigenvalue weighted by molar-refractivity contribution is -0.209. The van der Waals surface area contributed by atoms with E-state index in [1.807, 2.05) is 0 Å². The van der Waals surface area contributed by atoms with E-state index in [1.165, 1.54) is 32.6 Å². The summed E-state index contributed by atoms with van der Waals surface area (Å²) in [7, 11) is 0. The van der Waals surface area contributed by atoms with Crippen LogP contribution in [0.5, 0.6) is 0 Å². The SMILES string of the molecule is CC(=O)OC1CCC2(C)C(O)(C1)CC1OC13C1CCC(C(C)CCC(C)C(C)C)C1(C)CC1OC132. The number of epoxide rings is 2. The van der Waals surface area contributed by atoms with Gasteiger partial charge in [-0.25, -0.2) is 0 Å². The highest BCUT2D eigenvalue weighted by Crippen LogP contribution is 2.84. The number of rotatable bonds is 6. The summed E-state index contributed by atoms with van der Waals surface area (Å²) in [5.41, 5.74) is -1.60. The van der Waals surface area contributed by atoms with Crippen LogP contribution in [0.1, 0.15) is 106 Å². The lowest BCUT2D eigenvalue weighted by atomic mass is 9.42. The number of carbonyl (C=O) groups is 1. The minimum absolute atomic E-state index is 0.0706. The van der Waals surface area contributed by atoms with Crippen LogP contribution in [-0.2, 0) is 19.0 Å². The number of fused-ring (bicyclic) bond motifs is 2. The molecule has 2 saturated heterocycles. The van der Waals surface area contributed by atoms with E-state index < -0.39 is 5.60 Å². The van der Waals surface area contributed by atoms with Crippen molar-refractivity contribution in [3.05, 3.63) is 0 Å². The smallest absolute Gasteiger partial charge is 0.302 e. The van der Waals surface area contributed by atoms with E-state index in [2.05, 4.69) is 41.5 Å². The predicted octanol–water partition coefficient (Wildman–Crippen LogP) is 5.66. The minimum atomic E-state index is -0.906. The summed E-state index contributed by atoms with van der Waals surface area (Å²) in [4.78, 5) is 11.6. The van der Waals surface area contributed by atoms with Gasteiger partial charge in [-0.1, -0.05) is 54.4 Å². The van der Waals surface area contributed by atoms with Gasteiger partial charge >= 0.3 is 5.97 Å². The van der Waals surface area contributed by atoms with Crippen molar-refractivity contribution in [2.45, 2.75) is 141 Å². The van der Waals surface area contributed by atoms with Crippen LogP contribution in [-0.4, -0.2) is 46.2 Å². The maximum absolute atomic E-state index is 12.1.